The van der Waals surface area contributed by atoms with E-state index in [1.165, 1.54) is 34.2 Å². The van der Waals surface area contributed by atoms with E-state index in [4.69, 9.17) is 4.74 Å². The van der Waals surface area contributed by atoms with Crippen LogP contribution in [0, 0.1) is 5.82 Å². The molecule has 0 aliphatic rings. The summed E-state index contributed by atoms with van der Waals surface area (Å²) in [6, 6.07) is 5.74. The molecular formula is C23H25F4N5O2. The fourth-order valence-electron chi connectivity index (χ4n) is 3.79. The van der Waals surface area contributed by atoms with Gasteiger partial charge in [0.15, 0.2) is 0 Å². The first kappa shape index (κ1) is 25.1. The van der Waals surface area contributed by atoms with Crippen molar-refractivity contribution < 1.29 is 27.1 Å². The number of amides is 1. The lowest BCUT2D eigenvalue weighted by molar-refractivity contribution is -0.137. The molecule has 11 heteroatoms. The van der Waals surface area contributed by atoms with E-state index in [0.29, 0.717) is 19.0 Å². The number of carbonyl (C=O) groups is 1. The summed E-state index contributed by atoms with van der Waals surface area (Å²) in [7, 11) is 0. The van der Waals surface area contributed by atoms with Gasteiger partial charge in [0.2, 0.25) is 5.88 Å². The second-order valence-electron chi connectivity index (χ2n) is 7.47. The van der Waals surface area contributed by atoms with E-state index in [0.717, 1.165) is 12.1 Å². The summed E-state index contributed by atoms with van der Waals surface area (Å²) in [5.74, 6) is -1.28. The van der Waals surface area contributed by atoms with Gasteiger partial charge >= 0.3 is 6.18 Å². The zero-order chi connectivity index (χ0) is 24.9. The Morgan fingerprint density at radius 2 is 1.79 bits per heavy atom. The molecule has 3 aromatic rings. The van der Waals surface area contributed by atoms with Crippen molar-refractivity contribution in [3.05, 3.63) is 65.9 Å². The van der Waals surface area contributed by atoms with Gasteiger partial charge in [-0.2, -0.15) is 28.2 Å². The van der Waals surface area contributed by atoms with E-state index < -0.39 is 35.6 Å². The Labute approximate surface area is 194 Å². The smallest absolute Gasteiger partial charge is 0.417 e. The van der Waals surface area contributed by atoms with Gasteiger partial charge in [-0.3, -0.25) is 4.79 Å². The summed E-state index contributed by atoms with van der Waals surface area (Å²) in [5, 5.41) is 8.01. The van der Waals surface area contributed by atoms with Crippen LogP contribution in [0.4, 0.5) is 17.6 Å². The van der Waals surface area contributed by atoms with Crippen LogP contribution in [0.15, 0.2) is 48.9 Å². The first-order chi connectivity index (χ1) is 16.2. The van der Waals surface area contributed by atoms with Crippen LogP contribution in [0.25, 0.3) is 5.69 Å². The molecule has 182 valence electrons. The van der Waals surface area contributed by atoms with Crippen molar-refractivity contribution in [2.75, 3.05) is 6.54 Å². The van der Waals surface area contributed by atoms with Gasteiger partial charge in [0.05, 0.1) is 24.0 Å². The third kappa shape index (κ3) is 5.35. The lowest BCUT2D eigenvalue weighted by Gasteiger charge is -2.36. The minimum atomic E-state index is -4.51. The van der Waals surface area contributed by atoms with Crippen LogP contribution in [0.1, 0.15) is 49.5 Å². The maximum atomic E-state index is 14.9. The summed E-state index contributed by atoms with van der Waals surface area (Å²) in [4.78, 5) is 20.0. The Kier molecular flexibility index (Phi) is 7.85. The van der Waals surface area contributed by atoms with Crippen LogP contribution >= 0.6 is 0 Å². The van der Waals surface area contributed by atoms with Crippen LogP contribution in [0.3, 0.4) is 0 Å². The van der Waals surface area contributed by atoms with Crippen LogP contribution in [-0.2, 0) is 6.18 Å². The molecule has 3 rings (SSSR count). The molecule has 7 nitrogen and oxygen atoms in total. The zero-order valence-corrected chi connectivity index (χ0v) is 19.0. The highest BCUT2D eigenvalue weighted by Crippen LogP contribution is 2.30. The predicted octanol–water partition coefficient (Wildman–Crippen LogP) is 4.92. The molecule has 2 unspecified atom stereocenters. The molecule has 0 aliphatic carbocycles. The standard InChI is InChI=1S/C23H25F4N5O2/c1-4-17(19(5-2)34-20-11-10-15(14-28-20)23(25,26)27)31(6-3)22(33)21-16(24)8-7-9-18(21)32-29-12-13-30-32/h7-14,17,19H,4-6H2,1-3H3. The fourth-order valence-corrected chi connectivity index (χ4v) is 3.79. The Hall–Kier alpha value is -3.50. The number of halogens is 4. The average Bonchev–Trinajstić information content (AvgIpc) is 3.35. The highest BCUT2D eigenvalue weighted by molar-refractivity contribution is 5.98. The summed E-state index contributed by atoms with van der Waals surface area (Å²) < 4.78 is 59.3. The second kappa shape index (κ2) is 10.6. The second-order valence-corrected chi connectivity index (χ2v) is 7.47. The Morgan fingerprint density at radius 3 is 2.32 bits per heavy atom. The minimum absolute atomic E-state index is 0.00845. The first-order valence-electron chi connectivity index (χ1n) is 10.9. The summed E-state index contributed by atoms with van der Waals surface area (Å²) in [6.07, 6.45) is -0.648. The maximum Gasteiger partial charge on any atom is 0.417 e. The van der Waals surface area contributed by atoms with Crippen molar-refractivity contribution in [3.63, 3.8) is 0 Å². The summed E-state index contributed by atoms with van der Waals surface area (Å²) >= 11 is 0. The van der Waals surface area contributed by atoms with E-state index in [2.05, 4.69) is 15.2 Å². The van der Waals surface area contributed by atoms with Gasteiger partial charge in [0, 0.05) is 18.8 Å². The molecule has 0 saturated heterocycles. The zero-order valence-electron chi connectivity index (χ0n) is 19.0. The number of hydrogen-bond acceptors (Lipinski definition) is 5. The molecule has 0 saturated carbocycles. The number of nitrogens with zero attached hydrogens (tertiary/aromatic N) is 5. The molecule has 2 heterocycles. The van der Waals surface area contributed by atoms with Crippen LogP contribution in [0.2, 0.25) is 0 Å². The third-order valence-corrected chi connectivity index (χ3v) is 5.43. The molecule has 1 amide bonds. The molecule has 0 spiro atoms. The number of ether oxygens (including phenoxy) is 1. The van der Waals surface area contributed by atoms with Gasteiger partial charge in [-0.25, -0.2) is 9.37 Å². The normalized spacial score (nSPS) is 13.4. The molecule has 0 bridgehead atoms. The van der Waals surface area contributed by atoms with Crippen molar-refractivity contribution in [1.82, 2.24) is 24.9 Å². The summed E-state index contributed by atoms with van der Waals surface area (Å²) in [6.45, 7) is 5.69. The topological polar surface area (TPSA) is 73.1 Å². The van der Waals surface area contributed by atoms with E-state index in [1.54, 1.807) is 13.0 Å². The first-order valence-corrected chi connectivity index (χ1v) is 10.9. The molecule has 2 aromatic heterocycles. The molecule has 2 atom stereocenters. The number of aromatic nitrogens is 4. The number of rotatable bonds is 9. The molecule has 0 aliphatic heterocycles. The van der Waals surface area contributed by atoms with Crippen molar-refractivity contribution in [2.45, 2.75) is 51.9 Å². The Morgan fingerprint density at radius 1 is 1.09 bits per heavy atom. The molecular weight excluding hydrogens is 454 g/mol. The lowest BCUT2D eigenvalue weighted by atomic mass is 10.0. The average molecular weight is 479 g/mol. The molecule has 0 N–H and O–H groups in total. The molecule has 1 aromatic carbocycles. The van der Waals surface area contributed by atoms with Gasteiger partial charge in [0.1, 0.15) is 23.2 Å². The van der Waals surface area contributed by atoms with Crippen molar-refractivity contribution in [2.24, 2.45) is 0 Å². The molecule has 34 heavy (non-hydrogen) atoms. The van der Waals surface area contributed by atoms with Gasteiger partial charge in [-0.15, -0.1) is 0 Å². The highest BCUT2D eigenvalue weighted by Gasteiger charge is 2.34. The van der Waals surface area contributed by atoms with Crippen molar-refractivity contribution in [1.29, 1.82) is 0 Å². The van der Waals surface area contributed by atoms with E-state index in [1.807, 2.05) is 13.8 Å². The SMILES string of the molecule is CCC(Oc1ccc(C(F)(F)F)cn1)C(CC)N(CC)C(=O)c1c(F)cccc1-n1nccn1. The number of likely N-dealkylation sites (N-methyl/N-ethyl adjacent to an activating group) is 1. The number of carbonyl (C=O) groups excluding carboxylic acids is 1. The van der Waals surface area contributed by atoms with E-state index >= 15 is 0 Å². The van der Waals surface area contributed by atoms with Crippen LogP contribution in [0.5, 0.6) is 5.88 Å². The number of alkyl halides is 3. The van der Waals surface area contributed by atoms with Gasteiger partial charge in [-0.1, -0.05) is 19.9 Å². The quantitative estimate of drug-likeness (QED) is 0.408. The Balaban J connectivity index is 1.90. The van der Waals surface area contributed by atoms with Crippen LogP contribution < -0.4 is 4.74 Å². The largest absolute Gasteiger partial charge is 0.472 e. The Bertz CT molecular complexity index is 1090. The minimum Gasteiger partial charge on any atom is -0.472 e. The maximum absolute atomic E-state index is 14.9. The number of hydrogen-bond donors (Lipinski definition) is 0. The van der Waals surface area contributed by atoms with Gasteiger partial charge in [0.25, 0.3) is 5.91 Å². The highest BCUT2D eigenvalue weighted by atomic mass is 19.4. The predicted molar refractivity (Wildman–Crippen MR) is 116 cm³/mol. The molecule has 0 radical (unpaired) electrons. The van der Waals surface area contributed by atoms with Crippen molar-refractivity contribution >= 4 is 5.91 Å². The van der Waals surface area contributed by atoms with Crippen LogP contribution in [-0.4, -0.2) is 49.5 Å². The number of benzene rings is 1. The van der Waals surface area contributed by atoms with E-state index in [-0.39, 0.29) is 23.7 Å². The number of pyridine rings is 1. The fraction of sp³-hybridized carbons (Fsp3) is 0.391. The van der Waals surface area contributed by atoms with Gasteiger partial charge < -0.3 is 9.64 Å². The monoisotopic (exact) mass is 479 g/mol. The van der Waals surface area contributed by atoms with E-state index in [9.17, 15) is 22.4 Å². The third-order valence-electron chi connectivity index (χ3n) is 5.43. The van der Waals surface area contributed by atoms with Crippen molar-refractivity contribution in [3.8, 4) is 11.6 Å². The molecule has 0 fully saturated rings. The van der Waals surface area contributed by atoms with Gasteiger partial charge in [-0.05, 0) is 38.0 Å². The lowest BCUT2D eigenvalue weighted by Crippen LogP contribution is -2.49. The summed E-state index contributed by atoms with van der Waals surface area (Å²) in [5.41, 5.74) is -0.868.